The maximum atomic E-state index is 13.1. The molecule has 0 aliphatic heterocycles. The van der Waals surface area contributed by atoms with Crippen LogP contribution in [-0.4, -0.2) is 19.9 Å². The highest BCUT2D eigenvalue weighted by molar-refractivity contribution is 6.30. The van der Waals surface area contributed by atoms with Crippen molar-refractivity contribution in [3.05, 3.63) is 82.8 Å². The van der Waals surface area contributed by atoms with Gasteiger partial charge in [0, 0.05) is 33.8 Å². The summed E-state index contributed by atoms with van der Waals surface area (Å²) in [5.74, 6) is 1.20. The first-order valence-electron chi connectivity index (χ1n) is 11.2. The number of halogens is 4. The zero-order valence-electron chi connectivity index (χ0n) is 19.7. The Balaban J connectivity index is 1.89. The molecule has 0 amide bonds. The predicted molar refractivity (Wildman–Crippen MR) is 132 cm³/mol. The minimum absolute atomic E-state index is 0.000106. The number of hydrogen-bond donors (Lipinski definition) is 0. The molecule has 180 valence electrons. The maximum absolute atomic E-state index is 13.1. The first kappa shape index (κ1) is 24.8. The molecule has 0 saturated carbocycles. The van der Waals surface area contributed by atoms with Crippen molar-refractivity contribution >= 4 is 11.6 Å². The molecule has 0 saturated heterocycles. The summed E-state index contributed by atoms with van der Waals surface area (Å²) in [7, 11) is 0. The molecule has 0 aliphatic carbocycles. The van der Waals surface area contributed by atoms with Gasteiger partial charge in [-0.1, -0.05) is 63.6 Å². The fourth-order valence-corrected chi connectivity index (χ4v) is 3.80. The molecular weight excluding hydrogens is 473 g/mol. The van der Waals surface area contributed by atoms with Crippen LogP contribution in [0.15, 0.2) is 60.8 Å². The Morgan fingerprint density at radius 1 is 0.771 bits per heavy atom. The Kier molecular flexibility index (Phi) is 6.90. The van der Waals surface area contributed by atoms with E-state index in [-0.39, 0.29) is 11.8 Å². The standard InChI is InChI=1S/C27H24ClF3N4/c1-15(2)21-14-32-26(18-6-5-7-20(28)12-18)35-24(21)23-13-22(33-25(34-23)16(3)4)17-8-10-19(11-9-17)27(29,30)31/h5-16H,1-4H3. The van der Waals surface area contributed by atoms with E-state index in [1.807, 2.05) is 39.8 Å². The molecule has 0 radical (unpaired) electrons. The van der Waals surface area contributed by atoms with Crippen molar-refractivity contribution < 1.29 is 13.2 Å². The molecule has 4 aromatic rings. The fourth-order valence-electron chi connectivity index (χ4n) is 3.61. The highest BCUT2D eigenvalue weighted by Gasteiger charge is 2.30. The summed E-state index contributed by atoms with van der Waals surface area (Å²) >= 11 is 6.17. The van der Waals surface area contributed by atoms with Gasteiger partial charge in [0.1, 0.15) is 5.82 Å². The third-order valence-corrected chi connectivity index (χ3v) is 5.77. The molecule has 0 atom stereocenters. The molecule has 2 heterocycles. The van der Waals surface area contributed by atoms with E-state index in [1.165, 1.54) is 12.1 Å². The monoisotopic (exact) mass is 496 g/mol. The topological polar surface area (TPSA) is 51.6 Å². The van der Waals surface area contributed by atoms with Gasteiger partial charge in [-0.2, -0.15) is 13.2 Å². The molecule has 2 aromatic heterocycles. The molecule has 0 spiro atoms. The van der Waals surface area contributed by atoms with Crippen molar-refractivity contribution in [1.82, 2.24) is 19.9 Å². The van der Waals surface area contributed by atoms with Crippen molar-refractivity contribution in [1.29, 1.82) is 0 Å². The third kappa shape index (κ3) is 5.51. The van der Waals surface area contributed by atoms with Crippen LogP contribution in [0.4, 0.5) is 13.2 Å². The normalized spacial score (nSPS) is 11.9. The lowest BCUT2D eigenvalue weighted by atomic mass is 9.99. The van der Waals surface area contributed by atoms with Crippen LogP contribution in [0, 0.1) is 0 Å². The summed E-state index contributed by atoms with van der Waals surface area (Å²) in [5, 5.41) is 0.578. The van der Waals surface area contributed by atoms with Crippen molar-refractivity contribution in [2.75, 3.05) is 0 Å². The maximum Gasteiger partial charge on any atom is 0.416 e. The lowest BCUT2D eigenvalue weighted by Gasteiger charge is -2.16. The van der Waals surface area contributed by atoms with Gasteiger partial charge in [-0.15, -0.1) is 0 Å². The number of alkyl halides is 3. The quantitative estimate of drug-likeness (QED) is 0.279. The van der Waals surface area contributed by atoms with Crippen LogP contribution in [0.1, 0.15) is 56.5 Å². The molecule has 0 aliphatic rings. The zero-order valence-corrected chi connectivity index (χ0v) is 20.5. The second kappa shape index (κ2) is 9.74. The van der Waals surface area contributed by atoms with E-state index >= 15 is 0 Å². The largest absolute Gasteiger partial charge is 0.416 e. The van der Waals surface area contributed by atoms with Crippen molar-refractivity contribution in [3.63, 3.8) is 0 Å². The van der Waals surface area contributed by atoms with Crippen LogP contribution >= 0.6 is 11.6 Å². The summed E-state index contributed by atoms with van der Waals surface area (Å²) < 4.78 is 39.2. The molecule has 4 nitrogen and oxygen atoms in total. The molecule has 4 rings (SSSR count). The van der Waals surface area contributed by atoms with Crippen molar-refractivity contribution in [2.24, 2.45) is 0 Å². The second-order valence-corrected chi connectivity index (χ2v) is 9.33. The van der Waals surface area contributed by atoms with Gasteiger partial charge in [0.2, 0.25) is 0 Å². The van der Waals surface area contributed by atoms with Crippen molar-refractivity contribution in [2.45, 2.75) is 45.7 Å². The first-order valence-corrected chi connectivity index (χ1v) is 11.6. The van der Waals surface area contributed by atoms with Crippen LogP contribution in [-0.2, 0) is 6.18 Å². The Bertz CT molecular complexity index is 1350. The van der Waals surface area contributed by atoms with Crippen LogP contribution in [0.2, 0.25) is 5.02 Å². The summed E-state index contributed by atoms with van der Waals surface area (Å²) in [4.78, 5) is 18.8. The van der Waals surface area contributed by atoms with Crippen LogP contribution in [0.3, 0.4) is 0 Å². The fraction of sp³-hybridized carbons (Fsp3) is 0.259. The number of nitrogens with zero attached hydrogens (tertiary/aromatic N) is 4. The Hall–Kier alpha value is -3.32. The molecule has 0 N–H and O–H groups in total. The highest BCUT2D eigenvalue weighted by atomic mass is 35.5. The predicted octanol–water partition coefficient (Wildman–Crippen LogP) is 8.19. The van der Waals surface area contributed by atoms with Gasteiger partial charge in [0.05, 0.1) is 22.6 Å². The minimum Gasteiger partial charge on any atom is -0.236 e. The SMILES string of the molecule is CC(C)c1nc(-c2ccc(C(F)(F)F)cc2)cc(-c2nc(-c3cccc(Cl)c3)ncc2C(C)C)n1. The van der Waals surface area contributed by atoms with E-state index in [4.69, 9.17) is 21.6 Å². The molecule has 0 unspecified atom stereocenters. The summed E-state index contributed by atoms with van der Waals surface area (Å²) in [6.07, 6.45) is -2.61. The van der Waals surface area contributed by atoms with Gasteiger partial charge >= 0.3 is 6.18 Å². The molecule has 0 bridgehead atoms. The van der Waals surface area contributed by atoms with E-state index in [0.29, 0.717) is 39.3 Å². The average molecular weight is 497 g/mol. The number of rotatable bonds is 5. The van der Waals surface area contributed by atoms with E-state index in [0.717, 1.165) is 23.3 Å². The van der Waals surface area contributed by atoms with Gasteiger partial charge in [0.15, 0.2) is 5.82 Å². The van der Waals surface area contributed by atoms with Gasteiger partial charge in [-0.3, -0.25) is 0 Å². The Labute approximate surface area is 207 Å². The Morgan fingerprint density at radius 3 is 2.06 bits per heavy atom. The number of aromatic nitrogens is 4. The zero-order chi connectivity index (χ0) is 25.3. The molecular formula is C27H24ClF3N4. The van der Waals surface area contributed by atoms with Gasteiger partial charge in [-0.25, -0.2) is 19.9 Å². The first-order chi connectivity index (χ1) is 16.5. The van der Waals surface area contributed by atoms with Gasteiger partial charge < -0.3 is 0 Å². The highest BCUT2D eigenvalue weighted by Crippen LogP contribution is 2.34. The number of hydrogen-bond acceptors (Lipinski definition) is 4. The van der Waals surface area contributed by atoms with E-state index < -0.39 is 11.7 Å². The lowest BCUT2D eigenvalue weighted by molar-refractivity contribution is -0.137. The lowest BCUT2D eigenvalue weighted by Crippen LogP contribution is -2.06. The molecule has 2 aromatic carbocycles. The van der Waals surface area contributed by atoms with E-state index in [9.17, 15) is 13.2 Å². The summed E-state index contributed by atoms with van der Waals surface area (Å²) in [6.45, 7) is 8.03. The van der Waals surface area contributed by atoms with Crippen LogP contribution < -0.4 is 0 Å². The molecule has 0 fully saturated rings. The third-order valence-electron chi connectivity index (χ3n) is 5.53. The number of benzene rings is 2. The smallest absolute Gasteiger partial charge is 0.236 e. The molecule has 35 heavy (non-hydrogen) atoms. The van der Waals surface area contributed by atoms with Crippen LogP contribution in [0.25, 0.3) is 34.0 Å². The Morgan fingerprint density at radius 2 is 1.46 bits per heavy atom. The van der Waals surface area contributed by atoms with Gasteiger partial charge in [0.25, 0.3) is 0 Å². The summed E-state index contributed by atoms with van der Waals surface area (Å²) in [6, 6.07) is 14.0. The molecule has 8 heteroatoms. The van der Waals surface area contributed by atoms with Crippen LogP contribution in [0.5, 0.6) is 0 Å². The van der Waals surface area contributed by atoms with Crippen molar-refractivity contribution in [3.8, 4) is 34.0 Å². The van der Waals surface area contributed by atoms with Gasteiger partial charge in [-0.05, 0) is 36.2 Å². The average Bonchev–Trinajstić information content (AvgIpc) is 2.83. The minimum atomic E-state index is -4.40. The van der Waals surface area contributed by atoms with E-state index in [2.05, 4.69) is 9.97 Å². The van der Waals surface area contributed by atoms with E-state index in [1.54, 1.807) is 24.4 Å². The summed E-state index contributed by atoms with van der Waals surface area (Å²) in [5.41, 5.74) is 3.32. The second-order valence-electron chi connectivity index (χ2n) is 8.89.